The van der Waals surface area contributed by atoms with E-state index in [1.54, 1.807) is 18.5 Å². The maximum Gasteiger partial charge on any atom is 0.328 e. The maximum absolute atomic E-state index is 11.5. The Labute approximate surface area is 179 Å². The number of carboxylic acid groups (broad SMARTS) is 1. The number of aromatic nitrogens is 4. The van der Waals surface area contributed by atoms with Gasteiger partial charge in [-0.15, -0.1) is 0 Å². The molecule has 4 rings (SSSR count). The number of rotatable bonds is 7. The van der Waals surface area contributed by atoms with Crippen molar-refractivity contribution in [2.24, 2.45) is 0 Å². The highest BCUT2D eigenvalue weighted by atomic mass is 16.4. The van der Waals surface area contributed by atoms with Crippen molar-refractivity contribution in [1.29, 1.82) is 0 Å². The number of anilines is 2. The SMILES string of the molecule is CC(O)C(Nc1nc(CN2CCN(c3ncccn3)CC2)nc2ccccc12)C(=O)O. The normalized spacial score (nSPS) is 16.8. The Bertz CT molecular complexity index is 1040. The van der Waals surface area contributed by atoms with Gasteiger partial charge in [0.05, 0.1) is 18.2 Å². The number of aliphatic carboxylic acids is 1. The van der Waals surface area contributed by atoms with E-state index in [1.807, 2.05) is 24.3 Å². The number of para-hydroxylation sites is 1. The zero-order chi connectivity index (χ0) is 21.8. The van der Waals surface area contributed by atoms with E-state index in [-0.39, 0.29) is 0 Å². The van der Waals surface area contributed by atoms with Crippen LogP contribution in [0.1, 0.15) is 12.7 Å². The molecule has 162 valence electrons. The Hall–Kier alpha value is -3.37. The molecule has 0 aliphatic carbocycles. The number of piperazine rings is 1. The van der Waals surface area contributed by atoms with E-state index in [1.165, 1.54) is 6.92 Å². The van der Waals surface area contributed by atoms with Gasteiger partial charge in [0.1, 0.15) is 11.6 Å². The molecule has 0 bridgehead atoms. The van der Waals surface area contributed by atoms with Crippen LogP contribution in [0.5, 0.6) is 0 Å². The second kappa shape index (κ2) is 9.19. The molecule has 3 N–H and O–H groups in total. The molecule has 10 heteroatoms. The number of hydrogen-bond acceptors (Lipinski definition) is 9. The van der Waals surface area contributed by atoms with Crippen LogP contribution in [0.3, 0.4) is 0 Å². The van der Waals surface area contributed by atoms with E-state index < -0.39 is 18.1 Å². The Morgan fingerprint density at radius 3 is 2.48 bits per heavy atom. The van der Waals surface area contributed by atoms with Crippen molar-refractivity contribution in [2.45, 2.75) is 25.6 Å². The average Bonchev–Trinajstić information content (AvgIpc) is 2.78. The van der Waals surface area contributed by atoms with Crippen molar-refractivity contribution < 1.29 is 15.0 Å². The van der Waals surface area contributed by atoms with Crippen LogP contribution in [-0.4, -0.2) is 79.3 Å². The van der Waals surface area contributed by atoms with E-state index >= 15 is 0 Å². The number of hydrogen-bond donors (Lipinski definition) is 3. The lowest BCUT2D eigenvalue weighted by atomic mass is 10.1. The van der Waals surface area contributed by atoms with Crippen LogP contribution >= 0.6 is 0 Å². The van der Waals surface area contributed by atoms with E-state index in [0.717, 1.165) is 37.6 Å². The fourth-order valence-corrected chi connectivity index (χ4v) is 3.60. The van der Waals surface area contributed by atoms with Gasteiger partial charge in [-0.1, -0.05) is 12.1 Å². The van der Waals surface area contributed by atoms with Gasteiger partial charge >= 0.3 is 5.97 Å². The summed E-state index contributed by atoms with van der Waals surface area (Å²) >= 11 is 0. The summed E-state index contributed by atoms with van der Waals surface area (Å²) in [5.74, 6) is 0.595. The molecule has 10 nitrogen and oxygen atoms in total. The summed E-state index contributed by atoms with van der Waals surface area (Å²) in [4.78, 5) is 33.8. The maximum atomic E-state index is 11.5. The molecule has 0 saturated carbocycles. The van der Waals surface area contributed by atoms with E-state index in [0.29, 0.717) is 23.6 Å². The van der Waals surface area contributed by atoms with Crippen LogP contribution < -0.4 is 10.2 Å². The number of benzene rings is 1. The summed E-state index contributed by atoms with van der Waals surface area (Å²) in [6.45, 7) is 5.18. The molecule has 1 fully saturated rings. The highest BCUT2D eigenvalue weighted by Crippen LogP contribution is 2.22. The number of aliphatic hydroxyl groups is 1. The lowest BCUT2D eigenvalue weighted by molar-refractivity contribution is -0.140. The van der Waals surface area contributed by atoms with Gasteiger partial charge in [0.25, 0.3) is 0 Å². The first-order chi connectivity index (χ1) is 15.0. The molecule has 1 aliphatic rings. The van der Waals surface area contributed by atoms with Crippen molar-refractivity contribution in [2.75, 3.05) is 36.4 Å². The fourth-order valence-electron chi connectivity index (χ4n) is 3.60. The molecule has 0 amide bonds. The van der Waals surface area contributed by atoms with Crippen molar-refractivity contribution in [3.8, 4) is 0 Å². The van der Waals surface area contributed by atoms with Gasteiger partial charge in [-0.25, -0.2) is 24.7 Å². The predicted octanol–water partition coefficient (Wildman–Crippen LogP) is 0.988. The second-order valence-corrected chi connectivity index (χ2v) is 7.52. The van der Waals surface area contributed by atoms with Gasteiger partial charge in [-0.3, -0.25) is 4.90 Å². The number of carboxylic acids is 1. The predicted molar refractivity (Wildman–Crippen MR) is 116 cm³/mol. The molecule has 0 radical (unpaired) electrons. The fraction of sp³-hybridized carbons (Fsp3) is 0.381. The lowest BCUT2D eigenvalue weighted by Gasteiger charge is -2.34. The van der Waals surface area contributed by atoms with Crippen LogP contribution in [0, 0.1) is 0 Å². The first kappa shape index (κ1) is 20.9. The molecule has 2 unspecified atom stereocenters. The highest BCUT2D eigenvalue weighted by molar-refractivity contribution is 5.91. The topological polar surface area (TPSA) is 128 Å². The molecule has 3 aromatic rings. The van der Waals surface area contributed by atoms with E-state index in [2.05, 4.69) is 35.1 Å². The molecular weight excluding hydrogens is 398 g/mol. The van der Waals surface area contributed by atoms with Crippen molar-refractivity contribution in [3.63, 3.8) is 0 Å². The smallest absolute Gasteiger partial charge is 0.328 e. The van der Waals surface area contributed by atoms with Gasteiger partial charge in [0, 0.05) is 44.0 Å². The van der Waals surface area contributed by atoms with Crippen molar-refractivity contribution in [3.05, 3.63) is 48.5 Å². The highest BCUT2D eigenvalue weighted by Gasteiger charge is 2.25. The van der Waals surface area contributed by atoms with Crippen LogP contribution in [0.4, 0.5) is 11.8 Å². The van der Waals surface area contributed by atoms with Gasteiger partial charge in [0.2, 0.25) is 5.95 Å². The third-order valence-corrected chi connectivity index (χ3v) is 5.26. The number of carbonyl (C=O) groups is 1. The van der Waals surface area contributed by atoms with Crippen molar-refractivity contribution >= 4 is 28.6 Å². The van der Waals surface area contributed by atoms with Crippen LogP contribution in [0.15, 0.2) is 42.7 Å². The minimum atomic E-state index is -1.17. The quantitative estimate of drug-likeness (QED) is 0.506. The van der Waals surface area contributed by atoms with Crippen LogP contribution in [0.2, 0.25) is 0 Å². The summed E-state index contributed by atoms with van der Waals surface area (Å²) in [6.07, 6.45) is 2.40. The average molecular weight is 423 g/mol. The monoisotopic (exact) mass is 423 g/mol. The van der Waals surface area contributed by atoms with E-state index in [9.17, 15) is 15.0 Å². The molecule has 2 atom stereocenters. The lowest BCUT2D eigenvalue weighted by Crippen LogP contribution is -2.46. The first-order valence-electron chi connectivity index (χ1n) is 10.2. The minimum absolute atomic E-state index is 0.408. The van der Waals surface area contributed by atoms with Gasteiger partial charge in [-0.2, -0.15) is 0 Å². The number of nitrogens with zero attached hydrogens (tertiary/aromatic N) is 6. The third-order valence-electron chi connectivity index (χ3n) is 5.26. The van der Waals surface area contributed by atoms with E-state index in [4.69, 9.17) is 0 Å². The second-order valence-electron chi connectivity index (χ2n) is 7.52. The first-order valence-corrected chi connectivity index (χ1v) is 10.2. The molecular formula is C21H25N7O3. The molecule has 3 heterocycles. The van der Waals surface area contributed by atoms with Crippen molar-refractivity contribution in [1.82, 2.24) is 24.8 Å². The van der Waals surface area contributed by atoms with Gasteiger partial charge < -0.3 is 20.4 Å². The van der Waals surface area contributed by atoms with Gasteiger partial charge in [-0.05, 0) is 25.1 Å². The van der Waals surface area contributed by atoms with Crippen LogP contribution in [-0.2, 0) is 11.3 Å². The third kappa shape index (κ3) is 4.86. The molecule has 0 spiro atoms. The largest absolute Gasteiger partial charge is 0.480 e. The molecule has 31 heavy (non-hydrogen) atoms. The number of fused-ring (bicyclic) bond motifs is 1. The minimum Gasteiger partial charge on any atom is -0.480 e. The van der Waals surface area contributed by atoms with Crippen LogP contribution in [0.25, 0.3) is 10.9 Å². The summed E-state index contributed by atoms with van der Waals surface area (Å²) in [6, 6.07) is 8.06. The standard InChI is InChI=1S/C21H25N7O3/c1-14(29)18(20(30)31)26-19-15-5-2-3-6-16(15)24-17(25-19)13-27-9-11-28(12-10-27)21-22-7-4-8-23-21/h2-8,14,18,29H,9-13H2,1H3,(H,30,31)(H,24,25,26). The number of aliphatic hydroxyl groups excluding tert-OH is 1. The Kier molecular flexibility index (Phi) is 6.19. The summed E-state index contributed by atoms with van der Waals surface area (Å²) in [5.41, 5.74) is 0.723. The Morgan fingerprint density at radius 1 is 1.10 bits per heavy atom. The molecule has 1 saturated heterocycles. The summed E-state index contributed by atoms with van der Waals surface area (Å²) in [5, 5.41) is 22.9. The Balaban J connectivity index is 1.51. The Morgan fingerprint density at radius 2 is 1.81 bits per heavy atom. The number of nitrogens with one attached hydrogen (secondary N) is 1. The zero-order valence-electron chi connectivity index (χ0n) is 17.2. The zero-order valence-corrected chi connectivity index (χ0v) is 17.2. The summed E-state index contributed by atoms with van der Waals surface area (Å²) in [7, 11) is 0. The molecule has 1 aliphatic heterocycles. The molecule has 2 aromatic heterocycles. The van der Waals surface area contributed by atoms with Gasteiger partial charge in [0.15, 0.2) is 6.04 Å². The summed E-state index contributed by atoms with van der Waals surface area (Å²) < 4.78 is 0. The molecule has 1 aromatic carbocycles.